The molecule has 0 unspecified atom stereocenters. The molecule has 2 aliphatic rings. The van der Waals surface area contributed by atoms with E-state index in [0.29, 0.717) is 11.3 Å². The van der Waals surface area contributed by atoms with Gasteiger partial charge in [-0.2, -0.15) is 0 Å². The van der Waals surface area contributed by atoms with E-state index in [1.54, 1.807) is 18.4 Å². The summed E-state index contributed by atoms with van der Waals surface area (Å²) in [6, 6.07) is 28.0. The molecule has 0 radical (unpaired) electrons. The fourth-order valence-electron chi connectivity index (χ4n) is 4.55. The van der Waals surface area contributed by atoms with Gasteiger partial charge in [-0.15, -0.1) is 11.8 Å². The Morgan fingerprint density at radius 3 is 2.17 bits per heavy atom. The average molecular weight is 553 g/mol. The first kappa shape index (κ1) is 27.1. The largest absolute Gasteiger partial charge is 0.462 e. The first-order chi connectivity index (χ1) is 19.5. The number of hydrogen-bond acceptors (Lipinski definition) is 7. The van der Waals surface area contributed by atoms with Gasteiger partial charge in [0.1, 0.15) is 17.7 Å². The Kier molecular flexibility index (Phi) is 8.56. The molecule has 1 saturated heterocycles. The maximum Gasteiger partial charge on any atom is 0.356 e. The number of thioether (sulfide) groups is 1. The molecule has 8 heteroatoms. The van der Waals surface area contributed by atoms with Gasteiger partial charge in [0.15, 0.2) is 12.1 Å². The summed E-state index contributed by atoms with van der Waals surface area (Å²) in [7, 11) is 0. The van der Waals surface area contributed by atoms with E-state index in [0.717, 1.165) is 16.7 Å². The van der Waals surface area contributed by atoms with E-state index < -0.39 is 24.1 Å². The smallest absolute Gasteiger partial charge is 0.356 e. The predicted octanol–water partition coefficient (Wildman–Crippen LogP) is 5.10. The van der Waals surface area contributed by atoms with Crippen molar-refractivity contribution in [1.29, 1.82) is 0 Å². The van der Waals surface area contributed by atoms with Crippen molar-refractivity contribution >= 4 is 35.8 Å². The van der Waals surface area contributed by atoms with E-state index in [-0.39, 0.29) is 23.6 Å². The molecular weight excluding hydrogens is 524 g/mol. The van der Waals surface area contributed by atoms with Gasteiger partial charge in [0, 0.05) is 18.9 Å². The second kappa shape index (κ2) is 12.6. The molecule has 1 amide bonds. The van der Waals surface area contributed by atoms with Crippen LogP contribution in [0, 0.1) is 0 Å². The molecule has 0 bridgehead atoms. The lowest BCUT2D eigenvalue weighted by Gasteiger charge is -2.48. The molecule has 1 fully saturated rings. The van der Waals surface area contributed by atoms with Crippen molar-refractivity contribution in [3.05, 3.63) is 131 Å². The van der Waals surface area contributed by atoms with Crippen LogP contribution in [-0.4, -0.2) is 52.7 Å². The lowest BCUT2D eigenvalue weighted by atomic mass is 10.0. The topological polar surface area (TPSA) is 85.3 Å². The number of amides is 1. The van der Waals surface area contributed by atoms with Crippen molar-refractivity contribution in [3.8, 4) is 0 Å². The number of hydrogen-bond donors (Lipinski definition) is 0. The van der Waals surface area contributed by atoms with Crippen molar-refractivity contribution in [2.24, 2.45) is 4.99 Å². The van der Waals surface area contributed by atoms with Gasteiger partial charge in [-0.1, -0.05) is 97.1 Å². The molecule has 40 heavy (non-hydrogen) atoms. The number of carbonyl (C=O) groups is 3. The van der Waals surface area contributed by atoms with Crippen LogP contribution >= 0.6 is 11.8 Å². The normalized spacial score (nSPS) is 18.6. The van der Waals surface area contributed by atoms with E-state index in [1.807, 2.05) is 91.0 Å². The minimum atomic E-state index is -0.662. The standard InChI is InChI=1S/C32H28N2O5S/c1-22(35)38-19-11-18-26-21-40-31-27(33-20-23-12-5-2-6-13-23)30(36)34(31)28(26)32(37)39-29(24-14-7-3-8-15-24)25-16-9-4-10-17-25/h2-18,20,27,29,31H,19,21H2,1H3/b18-11-,33-20?/t27-,31-/m1/s1. The number of ether oxygens (including phenoxy) is 2. The van der Waals surface area contributed by atoms with Crippen molar-refractivity contribution in [1.82, 2.24) is 4.90 Å². The molecule has 3 aromatic carbocycles. The monoisotopic (exact) mass is 552 g/mol. The van der Waals surface area contributed by atoms with Crippen LogP contribution in [0.15, 0.2) is 119 Å². The highest BCUT2D eigenvalue weighted by Crippen LogP contribution is 2.43. The van der Waals surface area contributed by atoms with Gasteiger partial charge in [0.25, 0.3) is 5.91 Å². The second-order valence-electron chi connectivity index (χ2n) is 9.23. The van der Waals surface area contributed by atoms with Crippen LogP contribution in [0.3, 0.4) is 0 Å². The summed E-state index contributed by atoms with van der Waals surface area (Å²) in [4.78, 5) is 44.5. The Bertz CT molecular complexity index is 1410. The van der Waals surface area contributed by atoms with Crippen LogP contribution in [0.5, 0.6) is 0 Å². The Morgan fingerprint density at radius 1 is 0.975 bits per heavy atom. The molecule has 0 aliphatic carbocycles. The number of nitrogens with zero attached hydrogens (tertiary/aromatic N) is 2. The fourth-order valence-corrected chi connectivity index (χ4v) is 5.86. The Balaban J connectivity index is 1.45. The van der Waals surface area contributed by atoms with Crippen LogP contribution in [0.1, 0.15) is 29.7 Å². The number of β-lactam (4-membered cyclic amide) rings is 1. The molecule has 3 aromatic rings. The van der Waals surface area contributed by atoms with Crippen LogP contribution in [0.25, 0.3) is 0 Å². The number of carbonyl (C=O) groups excluding carboxylic acids is 3. The first-order valence-electron chi connectivity index (χ1n) is 12.9. The average Bonchev–Trinajstić information content (AvgIpc) is 2.99. The van der Waals surface area contributed by atoms with Crippen LogP contribution < -0.4 is 0 Å². The van der Waals surface area contributed by atoms with Gasteiger partial charge in [-0.05, 0) is 28.3 Å². The Labute approximate surface area is 237 Å². The zero-order valence-electron chi connectivity index (χ0n) is 21.9. The Morgan fingerprint density at radius 2 is 1.57 bits per heavy atom. The summed E-state index contributed by atoms with van der Waals surface area (Å²) in [5.74, 6) is -0.803. The molecule has 0 N–H and O–H groups in total. The number of benzene rings is 3. The fraction of sp³-hybridized carbons (Fsp3) is 0.188. The zero-order valence-corrected chi connectivity index (χ0v) is 22.7. The van der Waals surface area contributed by atoms with Gasteiger partial charge in [0.05, 0.1) is 0 Å². The van der Waals surface area contributed by atoms with E-state index in [1.165, 1.54) is 23.6 Å². The van der Waals surface area contributed by atoms with Crippen molar-refractivity contribution in [2.75, 3.05) is 12.4 Å². The summed E-state index contributed by atoms with van der Waals surface area (Å²) in [5.41, 5.74) is 3.34. The molecule has 2 heterocycles. The zero-order chi connectivity index (χ0) is 27.9. The SMILES string of the molecule is CC(=O)OC/C=C\C1=C(C(=O)OC(c2ccccc2)c2ccccc2)N2C(=O)[C@@H](N=Cc3ccccc3)[C@H]2SC1. The number of allylic oxidation sites excluding steroid dienone is 1. The van der Waals surface area contributed by atoms with Crippen molar-refractivity contribution in [2.45, 2.75) is 24.4 Å². The van der Waals surface area contributed by atoms with Gasteiger partial charge in [0.2, 0.25) is 0 Å². The molecule has 0 spiro atoms. The van der Waals surface area contributed by atoms with Crippen molar-refractivity contribution < 1.29 is 23.9 Å². The van der Waals surface area contributed by atoms with Gasteiger partial charge >= 0.3 is 11.9 Å². The molecule has 0 aromatic heterocycles. The summed E-state index contributed by atoms with van der Waals surface area (Å²) in [5, 5.41) is -0.326. The molecule has 202 valence electrons. The van der Waals surface area contributed by atoms with Crippen molar-refractivity contribution in [3.63, 3.8) is 0 Å². The maximum atomic E-state index is 13.9. The number of rotatable bonds is 9. The van der Waals surface area contributed by atoms with E-state index in [4.69, 9.17) is 9.47 Å². The minimum absolute atomic E-state index is 0.0594. The highest BCUT2D eigenvalue weighted by Gasteiger charge is 2.53. The minimum Gasteiger partial charge on any atom is -0.462 e. The van der Waals surface area contributed by atoms with E-state index in [9.17, 15) is 14.4 Å². The predicted molar refractivity (Wildman–Crippen MR) is 155 cm³/mol. The second-order valence-corrected chi connectivity index (χ2v) is 10.3. The van der Waals surface area contributed by atoms with Gasteiger partial charge in [-0.3, -0.25) is 19.5 Å². The van der Waals surface area contributed by atoms with Gasteiger partial charge in [-0.25, -0.2) is 4.79 Å². The summed E-state index contributed by atoms with van der Waals surface area (Å²) in [6.45, 7) is 1.39. The highest BCUT2D eigenvalue weighted by molar-refractivity contribution is 8.00. The lowest BCUT2D eigenvalue weighted by Crippen LogP contribution is -2.64. The first-order valence-corrected chi connectivity index (χ1v) is 13.9. The van der Waals surface area contributed by atoms with Gasteiger partial charge < -0.3 is 9.47 Å². The third-order valence-corrected chi connectivity index (χ3v) is 7.77. The molecule has 2 atom stereocenters. The van der Waals surface area contributed by atoms with E-state index >= 15 is 0 Å². The molecule has 5 rings (SSSR count). The number of aliphatic imine (C=N–C) groups is 1. The lowest BCUT2D eigenvalue weighted by molar-refractivity contribution is -0.152. The van der Waals surface area contributed by atoms with Crippen LogP contribution in [0.2, 0.25) is 0 Å². The van der Waals surface area contributed by atoms with Crippen LogP contribution in [-0.2, 0) is 23.9 Å². The van der Waals surface area contributed by atoms with Crippen LogP contribution in [0.4, 0.5) is 0 Å². The number of esters is 2. The van der Waals surface area contributed by atoms with E-state index in [2.05, 4.69) is 4.99 Å². The summed E-state index contributed by atoms with van der Waals surface area (Å²) >= 11 is 1.53. The third kappa shape index (κ3) is 6.07. The molecule has 0 saturated carbocycles. The number of fused-ring (bicyclic) bond motifs is 1. The summed E-state index contributed by atoms with van der Waals surface area (Å²) in [6.07, 6.45) is 4.41. The quantitative estimate of drug-likeness (QED) is 0.209. The Hall–Kier alpha value is -4.43. The maximum absolute atomic E-state index is 13.9. The third-order valence-electron chi connectivity index (χ3n) is 6.48. The molecule has 7 nitrogen and oxygen atoms in total. The summed E-state index contributed by atoms with van der Waals surface area (Å²) < 4.78 is 11.2. The molecular formula is C32H28N2O5S. The highest BCUT2D eigenvalue weighted by atomic mass is 32.2. The molecule has 2 aliphatic heterocycles.